The number of nitrogens with zero attached hydrogens (tertiary/aromatic N) is 3. The molecule has 1 aromatic heterocycles. The molecule has 144 valence electrons. The van der Waals surface area contributed by atoms with Crippen LogP contribution in [0.2, 0.25) is 0 Å². The summed E-state index contributed by atoms with van der Waals surface area (Å²) in [6, 6.07) is 8.23. The van der Waals surface area contributed by atoms with Crippen molar-refractivity contribution in [2.24, 2.45) is 4.99 Å². The molecule has 0 aliphatic rings. The van der Waals surface area contributed by atoms with Crippen molar-refractivity contribution >= 4 is 41.3 Å². The Bertz CT molecular complexity index is 672. The highest BCUT2D eigenvalue weighted by Gasteiger charge is 2.07. The van der Waals surface area contributed by atoms with Crippen LogP contribution in [0.1, 0.15) is 30.1 Å². The number of hydrogen-bond donors (Lipinski definition) is 1. The zero-order chi connectivity index (χ0) is 18.1. The zero-order valence-corrected chi connectivity index (χ0v) is 19.1. The molecule has 1 aromatic carbocycles. The van der Waals surface area contributed by atoms with Gasteiger partial charge in [0, 0.05) is 38.5 Å². The average Bonchev–Trinajstić information content (AvgIpc) is 3.01. The standard InChI is InChI=1S/C19H28N4OS.HI/c1-5-20-19(21-12-11-17-14-25-15(3)22-17)23(4)13-16-7-9-18(10-8-16)24-6-2;/h7-10,14H,5-6,11-13H2,1-4H3,(H,20,21);1H. The van der Waals surface area contributed by atoms with Crippen molar-refractivity contribution in [3.63, 3.8) is 0 Å². The van der Waals surface area contributed by atoms with Gasteiger partial charge in [-0.3, -0.25) is 4.99 Å². The summed E-state index contributed by atoms with van der Waals surface area (Å²) in [6.07, 6.45) is 0.871. The SMILES string of the molecule is CCNC(=NCCc1csc(C)n1)N(C)Cc1ccc(OCC)cc1.I. The summed E-state index contributed by atoms with van der Waals surface area (Å²) in [4.78, 5) is 11.4. The molecule has 0 saturated carbocycles. The van der Waals surface area contributed by atoms with Crippen molar-refractivity contribution in [2.75, 3.05) is 26.7 Å². The van der Waals surface area contributed by atoms with E-state index in [9.17, 15) is 0 Å². The third-order valence-electron chi connectivity index (χ3n) is 3.65. The van der Waals surface area contributed by atoms with Gasteiger partial charge in [-0.2, -0.15) is 0 Å². The van der Waals surface area contributed by atoms with Crippen LogP contribution in [-0.2, 0) is 13.0 Å². The molecule has 0 aliphatic heterocycles. The van der Waals surface area contributed by atoms with Gasteiger partial charge in [0.05, 0.1) is 17.3 Å². The van der Waals surface area contributed by atoms with E-state index in [1.54, 1.807) is 11.3 Å². The van der Waals surface area contributed by atoms with Crippen LogP contribution in [0, 0.1) is 6.92 Å². The van der Waals surface area contributed by atoms with E-state index in [4.69, 9.17) is 9.73 Å². The van der Waals surface area contributed by atoms with Crippen LogP contribution in [0.5, 0.6) is 5.75 Å². The number of aliphatic imine (C=N–C) groups is 1. The number of aromatic nitrogens is 1. The van der Waals surface area contributed by atoms with E-state index in [1.807, 2.05) is 26.0 Å². The molecule has 0 fully saturated rings. The summed E-state index contributed by atoms with van der Waals surface area (Å²) in [6.45, 7) is 9.19. The lowest BCUT2D eigenvalue weighted by atomic mass is 10.2. The van der Waals surface area contributed by atoms with Crippen molar-refractivity contribution in [3.8, 4) is 5.75 Å². The first kappa shape index (κ1) is 22.7. The van der Waals surface area contributed by atoms with Gasteiger partial charge in [0.25, 0.3) is 0 Å². The minimum absolute atomic E-state index is 0. The summed E-state index contributed by atoms with van der Waals surface area (Å²) in [7, 11) is 2.06. The maximum absolute atomic E-state index is 5.49. The molecule has 0 saturated heterocycles. The predicted molar refractivity (Wildman–Crippen MR) is 121 cm³/mol. The number of aryl methyl sites for hydroxylation is 1. The van der Waals surface area contributed by atoms with Gasteiger partial charge in [0.15, 0.2) is 5.96 Å². The van der Waals surface area contributed by atoms with Crippen LogP contribution in [0.3, 0.4) is 0 Å². The lowest BCUT2D eigenvalue weighted by Gasteiger charge is -2.22. The second kappa shape index (κ2) is 12.1. The number of benzene rings is 1. The Labute approximate surface area is 177 Å². The molecule has 1 N–H and O–H groups in total. The largest absolute Gasteiger partial charge is 0.494 e. The lowest BCUT2D eigenvalue weighted by Crippen LogP contribution is -2.38. The normalized spacial score (nSPS) is 11.0. The van der Waals surface area contributed by atoms with Crippen LogP contribution < -0.4 is 10.1 Å². The monoisotopic (exact) mass is 488 g/mol. The second-order valence-corrected chi connectivity index (χ2v) is 6.84. The summed E-state index contributed by atoms with van der Waals surface area (Å²) < 4.78 is 5.49. The summed E-state index contributed by atoms with van der Waals surface area (Å²) in [5.41, 5.74) is 2.35. The first-order valence-electron chi connectivity index (χ1n) is 8.74. The van der Waals surface area contributed by atoms with E-state index in [-0.39, 0.29) is 24.0 Å². The van der Waals surface area contributed by atoms with Gasteiger partial charge in [-0.15, -0.1) is 35.3 Å². The number of halogens is 1. The highest BCUT2D eigenvalue weighted by Crippen LogP contribution is 2.13. The minimum atomic E-state index is 0. The van der Waals surface area contributed by atoms with Gasteiger partial charge < -0.3 is 15.0 Å². The van der Waals surface area contributed by atoms with E-state index < -0.39 is 0 Å². The smallest absolute Gasteiger partial charge is 0.193 e. The number of guanidine groups is 1. The molecule has 0 atom stereocenters. The fraction of sp³-hybridized carbons (Fsp3) is 0.474. The summed E-state index contributed by atoms with van der Waals surface area (Å²) >= 11 is 1.69. The molecule has 0 spiro atoms. The van der Waals surface area contributed by atoms with E-state index in [2.05, 4.69) is 46.7 Å². The number of ether oxygens (including phenoxy) is 1. The van der Waals surface area contributed by atoms with E-state index in [0.29, 0.717) is 6.61 Å². The van der Waals surface area contributed by atoms with Crippen molar-refractivity contribution in [1.82, 2.24) is 15.2 Å². The average molecular weight is 488 g/mol. The third kappa shape index (κ3) is 7.49. The van der Waals surface area contributed by atoms with Crippen molar-refractivity contribution in [3.05, 3.63) is 45.9 Å². The van der Waals surface area contributed by atoms with Crippen LogP contribution in [0.15, 0.2) is 34.6 Å². The molecule has 0 radical (unpaired) electrons. The molecular formula is C19H29IN4OS. The highest BCUT2D eigenvalue weighted by molar-refractivity contribution is 14.0. The molecule has 5 nitrogen and oxygen atoms in total. The van der Waals surface area contributed by atoms with Gasteiger partial charge in [0.2, 0.25) is 0 Å². The quantitative estimate of drug-likeness (QED) is 0.345. The van der Waals surface area contributed by atoms with Gasteiger partial charge in [-0.25, -0.2) is 4.98 Å². The number of hydrogen-bond acceptors (Lipinski definition) is 4. The van der Waals surface area contributed by atoms with E-state index >= 15 is 0 Å². The Kier molecular flexibility index (Phi) is 10.6. The predicted octanol–water partition coefficient (Wildman–Crippen LogP) is 4.11. The Morgan fingerprint density at radius 3 is 2.58 bits per heavy atom. The maximum Gasteiger partial charge on any atom is 0.193 e. The Hall–Kier alpha value is -1.35. The van der Waals surface area contributed by atoms with Gasteiger partial charge in [-0.1, -0.05) is 12.1 Å². The van der Waals surface area contributed by atoms with Crippen LogP contribution >= 0.6 is 35.3 Å². The highest BCUT2D eigenvalue weighted by atomic mass is 127. The van der Waals surface area contributed by atoms with Crippen LogP contribution in [0.4, 0.5) is 0 Å². The van der Waals surface area contributed by atoms with Crippen LogP contribution in [0.25, 0.3) is 0 Å². The second-order valence-electron chi connectivity index (χ2n) is 5.78. The van der Waals surface area contributed by atoms with Gasteiger partial charge >= 0.3 is 0 Å². The Morgan fingerprint density at radius 2 is 2.00 bits per heavy atom. The molecule has 26 heavy (non-hydrogen) atoms. The lowest BCUT2D eigenvalue weighted by molar-refractivity contribution is 0.340. The fourth-order valence-electron chi connectivity index (χ4n) is 2.48. The molecule has 0 unspecified atom stereocenters. The molecule has 1 heterocycles. The molecule has 2 aromatic rings. The van der Waals surface area contributed by atoms with Crippen molar-refractivity contribution in [1.29, 1.82) is 0 Å². The van der Waals surface area contributed by atoms with Crippen molar-refractivity contribution in [2.45, 2.75) is 33.7 Å². The molecule has 0 bridgehead atoms. The molecule has 0 amide bonds. The molecular weight excluding hydrogens is 459 g/mol. The maximum atomic E-state index is 5.49. The van der Waals surface area contributed by atoms with Crippen LogP contribution in [-0.4, -0.2) is 42.6 Å². The Morgan fingerprint density at radius 1 is 1.27 bits per heavy atom. The zero-order valence-electron chi connectivity index (χ0n) is 16.0. The van der Waals surface area contributed by atoms with Gasteiger partial charge in [-0.05, 0) is 38.5 Å². The van der Waals surface area contributed by atoms with E-state index in [1.165, 1.54) is 5.56 Å². The fourth-order valence-corrected chi connectivity index (χ4v) is 3.12. The molecule has 0 aliphatic carbocycles. The summed E-state index contributed by atoms with van der Waals surface area (Å²) in [5.74, 6) is 1.83. The minimum Gasteiger partial charge on any atom is -0.494 e. The number of thiazole rings is 1. The van der Waals surface area contributed by atoms with Crippen molar-refractivity contribution < 1.29 is 4.74 Å². The Balaban J connectivity index is 0.00000338. The number of nitrogens with one attached hydrogen (secondary N) is 1. The van der Waals surface area contributed by atoms with E-state index in [0.717, 1.165) is 48.5 Å². The molecule has 7 heteroatoms. The number of rotatable bonds is 8. The van der Waals surface area contributed by atoms with Gasteiger partial charge in [0.1, 0.15) is 5.75 Å². The summed E-state index contributed by atoms with van der Waals surface area (Å²) in [5, 5.41) is 6.58. The topological polar surface area (TPSA) is 49.8 Å². The first-order valence-corrected chi connectivity index (χ1v) is 9.62. The third-order valence-corrected chi connectivity index (χ3v) is 4.47. The first-order chi connectivity index (χ1) is 12.1. The molecule has 2 rings (SSSR count).